The molecular formula is C28H35FN8O4. The van der Waals surface area contributed by atoms with Crippen molar-refractivity contribution in [2.75, 3.05) is 29.9 Å². The number of aromatic nitrogens is 5. The molecule has 2 amide bonds. The summed E-state index contributed by atoms with van der Waals surface area (Å²) in [6.45, 7) is 10.4. The molecule has 2 saturated heterocycles. The summed E-state index contributed by atoms with van der Waals surface area (Å²) in [5.41, 5.74) is 1.55. The summed E-state index contributed by atoms with van der Waals surface area (Å²) in [6.07, 6.45) is 6.06. The lowest BCUT2D eigenvalue weighted by Gasteiger charge is -2.34. The van der Waals surface area contributed by atoms with Crippen LogP contribution in [0.5, 0.6) is 0 Å². The predicted molar refractivity (Wildman–Crippen MR) is 148 cm³/mol. The van der Waals surface area contributed by atoms with Crippen LogP contribution in [0.15, 0.2) is 30.7 Å². The van der Waals surface area contributed by atoms with Gasteiger partial charge in [-0.3, -0.25) is 19.9 Å². The number of pyridine rings is 1. The minimum atomic E-state index is -0.616. The van der Waals surface area contributed by atoms with Crippen LogP contribution >= 0.6 is 0 Å². The molecule has 0 aromatic carbocycles. The topological polar surface area (TPSA) is 128 Å². The van der Waals surface area contributed by atoms with E-state index >= 15 is 0 Å². The molecule has 0 aliphatic carbocycles. The number of carbonyl (C=O) groups excluding carboxylic acids is 2. The van der Waals surface area contributed by atoms with Crippen molar-refractivity contribution in [1.82, 2.24) is 29.8 Å². The first kappa shape index (κ1) is 28.4. The summed E-state index contributed by atoms with van der Waals surface area (Å²) >= 11 is 0. The third kappa shape index (κ3) is 6.29. The maximum absolute atomic E-state index is 14.1. The fraction of sp³-hybridized carbons (Fsp3) is 0.500. The first-order chi connectivity index (χ1) is 19.5. The molecule has 0 saturated carbocycles. The number of nitrogens with one attached hydrogen (secondary N) is 1. The van der Waals surface area contributed by atoms with E-state index in [4.69, 9.17) is 14.6 Å². The number of nitrogens with zero attached hydrogens (tertiary/aromatic N) is 7. The van der Waals surface area contributed by atoms with E-state index in [9.17, 15) is 14.0 Å². The van der Waals surface area contributed by atoms with Crippen molar-refractivity contribution in [1.29, 1.82) is 0 Å². The second-order valence-corrected chi connectivity index (χ2v) is 11.3. The second-order valence-electron chi connectivity index (χ2n) is 11.3. The number of rotatable bonds is 5. The van der Waals surface area contributed by atoms with Crippen LogP contribution < -0.4 is 10.2 Å². The highest BCUT2D eigenvalue weighted by atomic mass is 19.1. The van der Waals surface area contributed by atoms with Crippen LogP contribution in [0, 0.1) is 25.6 Å². The number of hydrogen-bond acceptors (Lipinski definition) is 9. The number of halogens is 1. The molecule has 3 aromatic rings. The normalized spacial score (nSPS) is 18.0. The summed E-state index contributed by atoms with van der Waals surface area (Å²) in [4.78, 5) is 46.6. The maximum atomic E-state index is 14.1. The van der Waals surface area contributed by atoms with E-state index < -0.39 is 17.5 Å². The van der Waals surface area contributed by atoms with Gasteiger partial charge in [0.25, 0.3) is 0 Å². The molecule has 3 aromatic heterocycles. The monoisotopic (exact) mass is 566 g/mol. The smallest absolute Gasteiger partial charge is 0.412 e. The van der Waals surface area contributed by atoms with Crippen LogP contribution in [0.3, 0.4) is 0 Å². The SMILES string of the molecule is Cc1ncc([C@@H]2CCON2C(=O)C2CCN(c3nccc(-n4ncc(NC(=O)OC(C)(C)C)c4C)n3)CC2)cc1F. The van der Waals surface area contributed by atoms with Crippen molar-refractivity contribution in [2.45, 2.75) is 65.5 Å². The highest BCUT2D eigenvalue weighted by Gasteiger charge is 2.37. The number of aryl methyl sites for hydroxylation is 1. The summed E-state index contributed by atoms with van der Waals surface area (Å²) in [7, 11) is 0. The van der Waals surface area contributed by atoms with Crippen molar-refractivity contribution >= 4 is 23.6 Å². The predicted octanol–water partition coefficient (Wildman–Crippen LogP) is 4.28. The molecule has 5 rings (SSSR count). The van der Waals surface area contributed by atoms with Gasteiger partial charge in [-0.2, -0.15) is 10.1 Å². The van der Waals surface area contributed by atoms with Crippen LogP contribution in [0.4, 0.5) is 20.8 Å². The maximum Gasteiger partial charge on any atom is 0.412 e. The molecular weight excluding hydrogens is 531 g/mol. The number of anilines is 2. The van der Waals surface area contributed by atoms with Gasteiger partial charge in [0.2, 0.25) is 11.9 Å². The zero-order chi connectivity index (χ0) is 29.3. The molecule has 0 spiro atoms. The van der Waals surface area contributed by atoms with E-state index in [1.54, 1.807) is 57.0 Å². The van der Waals surface area contributed by atoms with Gasteiger partial charge in [0.15, 0.2) is 5.82 Å². The second kappa shape index (κ2) is 11.4. The molecule has 218 valence electrons. The first-order valence-electron chi connectivity index (χ1n) is 13.7. The van der Waals surface area contributed by atoms with Crippen LogP contribution in [0.25, 0.3) is 5.82 Å². The van der Waals surface area contributed by atoms with Gasteiger partial charge in [-0.05, 0) is 59.1 Å². The van der Waals surface area contributed by atoms with Gasteiger partial charge in [-0.1, -0.05) is 0 Å². The fourth-order valence-corrected chi connectivity index (χ4v) is 4.99. The Kier molecular flexibility index (Phi) is 7.89. The Balaban J connectivity index is 1.22. The zero-order valence-electron chi connectivity index (χ0n) is 23.9. The summed E-state index contributed by atoms with van der Waals surface area (Å²) in [5.74, 6) is 0.364. The van der Waals surface area contributed by atoms with Gasteiger partial charge in [-0.25, -0.2) is 23.9 Å². The number of amides is 2. The fourth-order valence-electron chi connectivity index (χ4n) is 4.99. The number of hydrogen-bond donors (Lipinski definition) is 1. The van der Waals surface area contributed by atoms with Crippen molar-refractivity contribution in [3.8, 4) is 5.82 Å². The Morgan fingerprint density at radius 3 is 2.59 bits per heavy atom. The molecule has 2 fully saturated rings. The Morgan fingerprint density at radius 2 is 1.88 bits per heavy atom. The zero-order valence-corrected chi connectivity index (χ0v) is 23.9. The molecule has 41 heavy (non-hydrogen) atoms. The molecule has 1 atom stereocenters. The molecule has 13 heteroatoms. The van der Waals surface area contributed by atoms with E-state index in [0.29, 0.717) is 73.4 Å². The lowest BCUT2D eigenvalue weighted by Crippen LogP contribution is -2.42. The van der Waals surface area contributed by atoms with Crippen LogP contribution in [0.1, 0.15) is 63.0 Å². The lowest BCUT2D eigenvalue weighted by molar-refractivity contribution is -0.182. The number of hydroxylamine groups is 2. The number of carbonyl (C=O) groups is 2. The van der Waals surface area contributed by atoms with Gasteiger partial charge in [0, 0.05) is 43.9 Å². The summed E-state index contributed by atoms with van der Waals surface area (Å²) in [6, 6.07) is 2.83. The van der Waals surface area contributed by atoms with Gasteiger partial charge < -0.3 is 9.64 Å². The van der Waals surface area contributed by atoms with E-state index in [1.807, 2.05) is 11.8 Å². The minimum Gasteiger partial charge on any atom is -0.444 e. The highest BCUT2D eigenvalue weighted by molar-refractivity contribution is 5.85. The lowest BCUT2D eigenvalue weighted by atomic mass is 9.95. The molecule has 2 aliphatic rings. The Morgan fingerprint density at radius 1 is 1.12 bits per heavy atom. The van der Waals surface area contributed by atoms with E-state index in [0.717, 1.165) is 0 Å². The molecule has 0 bridgehead atoms. The third-order valence-corrected chi connectivity index (χ3v) is 7.17. The summed E-state index contributed by atoms with van der Waals surface area (Å²) in [5, 5.41) is 8.52. The van der Waals surface area contributed by atoms with Gasteiger partial charge >= 0.3 is 6.09 Å². The van der Waals surface area contributed by atoms with Crippen molar-refractivity contribution in [3.05, 3.63) is 53.5 Å². The Bertz CT molecular complexity index is 1430. The molecule has 0 unspecified atom stereocenters. The van der Waals surface area contributed by atoms with Crippen molar-refractivity contribution in [3.63, 3.8) is 0 Å². The minimum absolute atomic E-state index is 0.0972. The largest absolute Gasteiger partial charge is 0.444 e. The standard InChI is InChI=1S/C28H35FN8O4/c1-17-21(29)14-20(15-31-17)23-9-13-40-37(23)25(38)19-7-11-35(12-8-19)26-30-10-6-24(34-26)36-18(2)22(16-32-36)33-27(39)41-28(3,4)5/h6,10,14-16,19,23H,7-9,11-13H2,1-5H3,(H,33,39)/t23-/m0/s1. The van der Waals surface area contributed by atoms with Crippen molar-refractivity contribution < 1.29 is 23.6 Å². The Labute approximate surface area is 237 Å². The molecule has 12 nitrogen and oxygen atoms in total. The average Bonchev–Trinajstić information content (AvgIpc) is 3.56. The molecule has 2 aliphatic heterocycles. The van der Waals surface area contributed by atoms with Gasteiger partial charge in [0.1, 0.15) is 11.4 Å². The quantitative estimate of drug-likeness (QED) is 0.481. The number of piperidine rings is 1. The third-order valence-electron chi connectivity index (χ3n) is 7.17. The van der Waals surface area contributed by atoms with Gasteiger partial charge in [0.05, 0.1) is 35.9 Å². The molecule has 5 heterocycles. The molecule has 1 N–H and O–H groups in total. The average molecular weight is 567 g/mol. The van der Waals surface area contributed by atoms with Crippen LogP contribution in [-0.4, -0.2) is 67.1 Å². The number of ether oxygens (including phenoxy) is 1. The molecule has 0 radical (unpaired) electrons. The summed E-state index contributed by atoms with van der Waals surface area (Å²) < 4.78 is 21.1. The first-order valence-corrected chi connectivity index (χ1v) is 13.7. The van der Waals surface area contributed by atoms with E-state index in [-0.39, 0.29) is 17.9 Å². The van der Waals surface area contributed by atoms with Crippen LogP contribution in [-0.2, 0) is 14.4 Å². The Hall–Kier alpha value is -4.13. The highest BCUT2D eigenvalue weighted by Crippen LogP contribution is 2.34. The van der Waals surface area contributed by atoms with E-state index in [1.165, 1.54) is 11.1 Å². The van der Waals surface area contributed by atoms with Crippen molar-refractivity contribution in [2.24, 2.45) is 5.92 Å². The van der Waals surface area contributed by atoms with E-state index in [2.05, 4.69) is 20.4 Å². The van der Waals surface area contributed by atoms with Crippen LogP contribution in [0.2, 0.25) is 0 Å². The van der Waals surface area contributed by atoms with Gasteiger partial charge in [-0.15, -0.1) is 0 Å².